The van der Waals surface area contributed by atoms with Crippen molar-refractivity contribution in [2.75, 3.05) is 0 Å². The molecule has 1 N–H and O–H groups in total. The smallest absolute Gasteiger partial charge is 0.200 e. The number of hydrogen-bond donors (Lipinski definition) is 1. The van der Waals surface area contributed by atoms with Crippen LogP contribution < -0.4 is 5.43 Å². The topological polar surface area (TPSA) is 50.4 Å². The molecule has 2 aromatic carbocycles. The molecule has 0 saturated heterocycles. The zero-order chi connectivity index (χ0) is 12.9. The highest BCUT2D eigenvalue weighted by molar-refractivity contribution is 5.92. The molecule has 0 aliphatic rings. The van der Waals surface area contributed by atoms with Crippen LogP contribution in [0.5, 0.6) is 5.75 Å². The third-order valence-corrected chi connectivity index (χ3v) is 2.86. The Hall–Kier alpha value is -2.36. The maximum atomic E-state index is 13.1. The second kappa shape index (κ2) is 3.57. The van der Waals surface area contributed by atoms with Gasteiger partial charge in [-0.05, 0) is 36.8 Å². The van der Waals surface area contributed by atoms with Gasteiger partial charge in [-0.3, -0.25) is 4.79 Å². The SMILES string of the molecule is Cc1cc(O)c2oc3cc(F)ccc3c(=O)c2c1. The van der Waals surface area contributed by atoms with E-state index in [1.54, 1.807) is 13.0 Å². The summed E-state index contributed by atoms with van der Waals surface area (Å²) in [7, 11) is 0. The van der Waals surface area contributed by atoms with Crippen LogP contribution in [-0.4, -0.2) is 5.11 Å². The molecule has 0 aliphatic carbocycles. The fourth-order valence-electron chi connectivity index (χ4n) is 2.05. The van der Waals surface area contributed by atoms with E-state index in [4.69, 9.17) is 4.42 Å². The summed E-state index contributed by atoms with van der Waals surface area (Å²) in [6, 6.07) is 6.87. The van der Waals surface area contributed by atoms with Crippen LogP contribution in [0.15, 0.2) is 39.5 Å². The van der Waals surface area contributed by atoms with Gasteiger partial charge in [0.05, 0.1) is 10.8 Å². The highest BCUT2D eigenvalue weighted by Crippen LogP contribution is 2.27. The number of aryl methyl sites for hydroxylation is 1. The van der Waals surface area contributed by atoms with E-state index in [0.29, 0.717) is 10.8 Å². The molecular weight excluding hydrogens is 235 g/mol. The minimum Gasteiger partial charge on any atom is -0.504 e. The molecule has 3 aromatic rings. The molecule has 4 heteroatoms. The van der Waals surface area contributed by atoms with Gasteiger partial charge in [-0.1, -0.05) is 0 Å². The number of aromatic hydroxyl groups is 1. The largest absolute Gasteiger partial charge is 0.504 e. The average molecular weight is 244 g/mol. The molecule has 18 heavy (non-hydrogen) atoms. The first-order valence-electron chi connectivity index (χ1n) is 5.42. The summed E-state index contributed by atoms with van der Waals surface area (Å²) in [6.07, 6.45) is 0. The Bertz CT molecular complexity index is 834. The van der Waals surface area contributed by atoms with Crippen molar-refractivity contribution >= 4 is 21.9 Å². The Kier molecular flexibility index (Phi) is 2.13. The van der Waals surface area contributed by atoms with Crippen molar-refractivity contribution in [1.82, 2.24) is 0 Å². The van der Waals surface area contributed by atoms with Gasteiger partial charge in [-0.2, -0.15) is 0 Å². The quantitative estimate of drug-likeness (QED) is 0.618. The van der Waals surface area contributed by atoms with Crippen molar-refractivity contribution in [3.63, 3.8) is 0 Å². The van der Waals surface area contributed by atoms with Crippen molar-refractivity contribution in [2.45, 2.75) is 6.92 Å². The van der Waals surface area contributed by atoms with Crippen molar-refractivity contribution in [3.8, 4) is 5.75 Å². The molecule has 0 bridgehead atoms. The molecule has 0 spiro atoms. The van der Waals surface area contributed by atoms with E-state index in [-0.39, 0.29) is 22.3 Å². The van der Waals surface area contributed by atoms with Crippen molar-refractivity contribution < 1.29 is 13.9 Å². The minimum absolute atomic E-state index is 0.0868. The van der Waals surface area contributed by atoms with Gasteiger partial charge in [0.15, 0.2) is 11.3 Å². The van der Waals surface area contributed by atoms with Gasteiger partial charge in [-0.25, -0.2) is 4.39 Å². The summed E-state index contributed by atoms with van der Waals surface area (Å²) >= 11 is 0. The van der Waals surface area contributed by atoms with E-state index in [1.807, 2.05) is 0 Å². The number of benzene rings is 2. The van der Waals surface area contributed by atoms with Gasteiger partial charge < -0.3 is 9.52 Å². The molecule has 90 valence electrons. The number of fused-ring (bicyclic) bond motifs is 2. The monoisotopic (exact) mass is 244 g/mol. The molecule has 3 nitrogen and oxygen atoms in total. The molecule has 0 radical (unpaired) electrons. The normalized spacial score (nSPS) is 11.2. The fraction of sp³-hybridized carbons (Fsp3) is 0.0714. The summed E-state index contributed by atoms with van der Waals surface area (Å²) in [5.74, 6) is -0.607. The third kappa shape index (κ3) is 1.46. The Morgan fingerprint density at radius 3 is 2.72 bits per heavy atom. The first-order valence-corrected chi connectivity index (χ1v) is 5.42. The predicted octanol–water partition coefficient (Wildman–Crippen LogP) is 3.10. The average Bonchev–Trinajstić information content (AvgIpc) is 2.31. The van der Waals surface area contributed by atoms with Gasteiger partial charge in [0, 0.05) is 6.07 Å². The number of phenolic OH excluding ortho intramolecular Hbond substituents is 1. The summed E-state index contributed by atoms with van der Waals surface area (Å²) in [5.41, 5.74) is 0.703. The lowest BCUT2D eigenvalue weighted by Gasteiger charge is -2.04. The van der Waals surface area contributed by atoms with Crippen molar-refractivity contribution in [3.05, 3.63) is 51.9 Å². The lowest BCUT2D eigenvalue weighted by atomic mass is 10.1. The number of phenols is 1. The van der Waals surface area contributed by atoms with E-state index in [0.717, 1.165) is 11.6 Å². The van der Waals surface area contributed by atoms with E-state index in [9.17, 15) is 14.3 Å². The molecule has 0 unspecified atom stereocenters. The molecular formula is C14H9FO3. The highest BCUT2D eigenvalue weighted by Gasteiger charge is 2.11. The van der Waals surface area contributed by atoms with E-state index < -0.39 is 5.82 Å². The number of rotatable bonds is 0. The van der Waals surface area contributed by atoms with Crippen LogP contribution in [0, 0.1) is 12.7 Å². The first-order chi connectivity index (χ1) is 8.56. The van der Waals surface area contributed by atoms with Gasteiger partial charge >= 0.3 is 0 Å². The Morgan fingerprint density at radius 2 is 1.94 bits per heavy atom. The lowest BCUT2D eigenvalue weighted by molar-refractivity contribution is 0.467. The van der Waals surface area contributed by atoms with Crippen LogP contribution in [-0.2, 0) is 0 Å². The second-order valence-corrected chi connectivity index (χ2v) is 4.23. The standard InChI is InChI=1S/C14H9FO3/c1-7-4-10-13(17)9-3-2-8(15)6-12(9)18-14(10)11(16)5-7/h2-6,16H,1H3. The maximum absolute atomic E-state index is 13.1. The summed E-state index contributed by atoms with van der Waals surface area (Å²) in [4.78, 5) is 12.2. The van der Waals surface area contributed by atoms with Gasteiger partial charge in [0.2, 0.25) is 5.43 Å². The van der Waals surface area contributed by atoms with E-state index in [1.165, 1.54) is 18.2 Å². The zero-order valence-electron chi connectivity index (χ0n) is 9.53. The van der Waals surface area contributed by atoms with Crippen LogP contribution in [0.4, 0.5) is 4.39 Å². The zero-order valence-corrected chi connectivity index (χ0v) is 9.53. The molecule has 0 amide bonds. The molecule has 0 fully saturated rings. The van der Waals surface area contributed by atoms with Crippen LogP contribution in [0.1, 0.15) is 5.56 Å². The number of halogens is 1. The van der Waals surface area contributed by atoms with Gasteiger partial charge in [0.25, 0.3) is 0 Å². The summed E-state index contributed by atoms with van der Waals surface area (Å²) in [5, 5.41) is 10.4. The van der Waals surface area contributed by atoms with E-state index >= 15 is 0 Å². The molecule has 3 rings (SSSR count). The fourth-order valence-corrected chi connectivity index (χ4v) is 2.05. The van der Waals surface area contributed by atoms with Gasteiger partial charge in [-0.15, -0.1) is 0 Å². The number of hydrogen-bond acceptors (Lipinski definition) is 3. The second-order valence-electron chi connectivity index (χ2n) is 4.23. The maximum Gasteiger partial charge on any atom is 0.200 e. The molecule has 1 aromatic heterocycles. The Balaban J connectivity index is 2.61. The molecule has 0 saturated carbocycles. The van der Waals surface area contributed by atoms with Crippen molar-refractivity contribution in [1.29, 1.82) is 0 Å². The summed E-state index contributed by atoms with van der Waals surface area (Å²) in [6.45, 7) is 1.77. The van der Waals surface area contributed by atoms with Crippen LogP contribution >= 0.6 is 0 Å². The van der Waals surface area contributed by atoms with E-state index in [2.05, 4.69) is 0 Å². The van der Waals surface area contributed by atoms with Crippen molar-refractivity contribution in [2.24, 2.45) is 0 Å². The molecule has 0 atom stereocenters. The Labute approximate surface area is 101 Å². The molecule has 0 aliphatic heterocycles. The summed E-state index contributed by atoms with van der Waals surface area (Å²) < 4.78 is 18.5. The lowest BCUT2D eigenvalue weighted by Crippen LogP contribution is -2.02. The highest BCUT2D eigenvalue weighted by atomic mass is 19.1. The van der Waals surface area contributed by atoms with Crippen LogP contribution in [0.3, 0.4) is 0 Å². The minimum atomic E-state index is -0.489. The van der Waals surface area contributed by atoms with Crippen LogP contribution in [0.2, 0.25) is 0 Å². The third-order valence-electron chi connectivity index (χ3n) is 2.86. The van der Waals surface area contributed by atoms with Crippen LogP contribution in [0.25, 0.3) is 21.9 Å². The molecule has 1 heterocycles. The predicted molar refractivity (Wildman–Crippen MR) is 66.3 cm³/mol. The van der Waals surface area contributed by atoms with Gasteiger partial charge in [0.1, 0.15) is 11.4 Å². The first kappa shape index (κ1) is 10.8. The Morgan fingerprint density at radius 1 is 1.17 bits per heavy atom.